The van der Waals surface area contributed by atoms with Gasteiger partial charge in [-0.1, -0.05) is 6.07 Å². The van der Waals surface area contributed by atoms with E-state index in [1.165, 1.54) is 0 Å². The third-order valence-electron chi connectivity index (χ3n) is 1.65. The van der Waals surface area contributed by atoms with Crippen LogP contribution in [0, 0.1) is 3.57 Å². The molecule has 1 amide bonds. The molecule has 0 aliphatic rings. The Kier molecular flexibility index (Phi) is 5.25. The lowest BCUT2D eigenvalue weighted by Crippen LogP contribution is -2.11. The first-order valence-corrected chi connectivity index (χ1v) is 5.95. The van der Waals surface area contributed by atoms with Gasteiger partial charge in [0.25, 0.3) is 0 Å². The van der Waals surface area contributed by atoms with Crippen LogP contribution in [0.3, 0.4) is 0 Å². The minimum Gasteiger partial charge on any atom is -0.326 e. The highest BCUT2D eigenvalue weighted by Gasteiger charge is 2.01. The fraction of sp³-hybridized carbons (Fsp3) is 0.300. The van der Waals surface area contributed by atoms with Crippen molar-refractivity contribution in [3.63, 3.8) is 0 Å². The van der Waals surface area contributed by atoms with Crippen molar-refractivity contribution >= 4 is 45.8 Å². The SMILES string of the molecule is O=C(CCCCl)Nc1cccc(I)c1. The van der Waals surface area contributed by atoms with Crippen molar-refractivity contribution in [2.24, 2.45) is 0 Å². The van der Waals surface area contributed by atoms with E-state index in [0.29, 0.717) is 12.3 Å². The molecule has 4 heteroatoms. The van der Waals surface area contributed by atoms with Crippen molar-refractivity contribution in [2.45, 2.75) is 12.8 Å². The van der Waals surface area contributed by atoms with Gasteiger partial charge in [-0.2, -0.15) is 0 Å². The van der Waals surface area contributed by atoms with Crippen LogP contribution in [-0.4, -0.2) is 11.8 Å². The molecule has 76 valence electrons. The maximum atomic E-state index is 11.3. The predicted octanol–water partition coefficient (Wildman–Crippen LogP) is 3.25. The molecule has 0 spiro atoms. The van der Waals surface area contributed by atoms with E-state index in [4.69, 9.17) is 11.6 Å². The molecule has 0 radical (unpaired) electrons. The first kappa shape index (κ1) is 11.8. The zero-order valence-corrected chi connectivity index (χ0v) is 10.5. The standard InChI is InChI=1S/C10H11ClINO/c11-6-2-5-10(14)13-9-4-1-3-8(12)7-9/h1,3-4,7H,2,5-6H2,(H,13,14). The number of hydrogen-bond acceptors (Lipinski definition) is 1. The lowest BCUT2D eigenvalue weighted by molar-refractivity contribution is -0.116. The Morgan fingerprint density at radius 2 is 2.29 bits per heavy atom. The Hall–Kier alpha value is -0.290. The topological polar surface area (TPSA) is 29.1 Å². The fourth-order valence-corrected chi connectivity index (χ4v) is 1.69. The summed E-state index contributed by atoms with van der Waals surface area (Å²) in [6.07, 6.45) is 1.20. The maximum absolute atomic E-state index is 11.3. The molecule has 1 rings (SSSR count). The molecule has 0 aliphatic carbocycles. The highest BCUT2D eigenvalue weighted by molar-refractivity contribution is 14.1. The van der Waals surface area contributed by atoms with Gasteiger partial charge in [0.2, 0.25) is 5.91 Å². The Balaban J connectivity index is 2.47. The Morgan fingerprint density at radius 3 is 2.93 bits per heavy atom. The summed E-state index contributed by atoms with van der Waals surface area (Å²) in [4.78, 5) is 11.3. The van der Waals surface area contributed by atoms with Gasteiger partial charge < -0.3 is 5.32 Å². The zero-order valence-electron chi connectivity index (χ0n) is 7.59. The van der Waals surface area contributed by atoms with E-state index in [2.05, 4.69) is 27.9 Å². The molecular weight excluding hydrogens is 312 g/mol. The van der Waals surface area contributed by atoms with Gasteiger partial charge in [0.05, 0.1) is 0 Å². The van der Waals surface area contributed by atoms with Crippen molar-refractivity contribution < 1.29 is 4.79 Å². The van der Waals surface area contributed by atoms with Crippen LogP contribution in [0.2, 0.25) is 0 Å². The van der Waals surface area contributed by atoms with Gasteiger partial charge >= 0.3 is 0 Å². The van der Waals surface area contributed by atoms with Crippen LogP contribution in [0.5, 0.6) is 0 Å². The van der Waals surface area contributed by atoms with E-state index < -0.39 is 0 Å². The summed E-state index contributed by atoms with van der Waals surface area (Å²) in [5.74, 6) is 0.548. The van der Waals surface area contributed by atoms with E-state index >= 15 is 0 Å². The molecule has 2 nitrogen and oxygen atoms in total. The first-order valence-electron chi connectivity index (χ1n) is 4.34. The van der Waals surface area contributed by atoms with Crippen LogP contribution in [0.25, 0.3) is 0 Å². The second-order valence-electron chi connectivity index (χ2n) is 2.85. The lowest BCUT2D eigenvalue weighted by atomic mass is 10.3. The summed E-state index contributed by atoms with van der Waals surface area (Å²) < 4.78 is 1.11. The normalized spacial score (nSPS) is 9.86. The minimum atomic E-state index is 0.0210. The average Bonchev–Trinajstić information content (AvgIpc) is 2.15. The third kappa shape index (κ3) is 4.28. The molecule has 0 aromatic heterocycles. The van der Waals surface area contributed by atoms with Crippen molar-refractivity contribution in [3.8, 4) is 0 Å². The van der Waals surface area contributed by atoms with Gasteiger partial charge in [-0.15, -0.1) is 11.6 Å². The van der Waals surface area contributed by atoms with Crippen LogP contribution in [-0.2, 0) is 4.79 Å². The van der Waals surface area contributed by atoms with Crippen molar-refractivity contribution in [3.05, 3.63) is 27.8 Å². The number of carbonyl (C=O) groups excluding carboxylic acids is 1. The van der Waals surface area contributed by atoms with E-state index in [1.54, 1.807) is 0 Å². The fourth-order valence-electron chi connectivity index (χ4n) is 1.02. The largest absolute Gasteiger partial charge is 0.326 e. The number of carbonyl (C=O) groups is 1. The smallest absolute Gasteiger partial charge is 0.224 e. The average molecular weight is 324 g/mol. The number of rotatable bonds is 4. The number of anilines is 1. The Bertz CT molecular complexity index is 317. The maximum Gasteiger partial charge on any atom is 0.224 e. The summed E-state index contributed by atoms with van der Waals surface area (Å²) >= 11 is 7.70. The van der Waals surface area contributed by atoms with Crippen LogP contribution >= 0.6 is 34.2 Å². The van der Waals surface area contributed by atoms with Crippen molar-refractivity contribution in [1.29, 1.82) is 0 Å². The van der Waals surface area contributed by atoms with E-state index in [1.807, 2.05) is 24.3 Å². The molecule has 0 atom stereocenters. The van der Waals surface area contributed by atoms with Gasteiger partial charge in [-0.3, -0.25) is 4.79 Å². The summed E-state index contributed by atoms with van der Waals surface area (Å²) in [5.41, 5.74) is 0.844. The zero-order chi connectivity index (χ0) is 10.4. The summed E-state index contributed by atoms with van der Waals surface area (Å²) in [6, 6.07) is 7.70. The van der Waals surface area contributed by atoms with Gasteiger partial charge in [0, 0.05) is 21.6 Å². The van der Waals surface area contributed by atoms with Crippen molar-refractivity contribution in [1.82, 2.24) is 0 Å². The number of alkyl halides is 1. The van der Waals surface area contributed by atoms with Gasteiger partial charge in [0.1, 0.15) is 0 Å². The molecule has 0 unspecified atom stereocenters. The number of benzene rings is 1. The molecule has 0 bridgehead atoms. The van der Waals surface area contributed by atoms with E-state index in [-0.39, 0.29) is 5.91 Å². The lowest BCUT2D eigenvalue weighted by Gasteiger charge is -2.04. The molecule has 0 aliphatic heterocycles. The third-order valence-corrected chi connectivity index (χ3v) is 2.58. The highest BCUT2D eigenvalue weighted by Crippen LogP contribution is 2.12. The molecule has 1 aromatic rings. The summed E-state index contributed by atoms with van der Waals surface area (Å²) in [7, 11) is 0. The number of halogens is 2. The van der Waals surface area contributed by atoms with Gasteiger partial charge in [-0.05, 0) is 47.2 Å². The van der Waals surface area contributed by atoms with Crippen LogP contribution in [0.15, 0.2) is 24.3 Å². The van der Waals surface area contributed by atoms with Crippen LogP contribution in [0.4, 0.5) is 5.69 Å². The molecule has 0 saturated carbocycles. The Morgan fingerprint density at radius 1 is 1.50 bits per heavy atom. The molecule has 14 heavy (non-hydrogen) atoms. The second kappa shape index (κ2) is 6.24. The number of nitrogens with one attached hydrogen (secondary N) is 1. The molecule has 1 aromatic carbocycles. The molecule has 0 heterocycles. The number of amides is 1. The molecule has 0 fully saturated rings. The monoisotopic (exact) mass is 323 g/mol. The summed E-state index contributed by atoms with van der Waals surface area (Å²) in [5, 5.41) is 2.82. The summed E-state index contributed by atoms with van der Waals surface area (Å²) in [6.45, 7) is 0. The molecular formula is C10H11ClINO. The molecule has 1 N–H and O–H groups in total. The minimum absolute atomic E-state index is 0.0210. The van der Waals surface area contributed by atoms with Crippen LogP contribution in [0.1, 0.15) is 12.8 Å². The van der Waals surface area contributed by atoms with Crippen molar-refractivity contribution in [2.75, 3.05) is 11.2 Å². The molecule has 0 saturated heterocycles. The Labute approximate surface area is 102 Å². The predicted molar refractivity (Wildman–Crippen MR) is 67.7 cm³/mol. The van der Waals surface area contributed by atoms with E-state index in [9.17, 15) is 4.79 Å². The van der Waals surface area contributed by atoms with E-state index in [0.717, 1.165) is 15.7 Å². The quantitative estimate of drug-likeness (QED) is 0.669. The highest BCUT2D eigenvalue weighted by atomic mass is 127. The second-order valence-corrected chi connectivity index (χ2v) is 4.47. The van der Waals surface area contributed by atoms with Crippen LogP contribution < -0.4 is 5.32 Å². The first-order chi connectivity index (χ1) is 6.72. The van der Waals surface area contributed by atoms with Gasteiger partial charge in [-0.25, -0.2) is 0 Å². The number of hydrogen-bond donors (Lipinski definition) is 1. The van der Waals surface area contributed by atoms with Gasteiger partial charge in [0.15, 0.2) is 0 Å².